The Balaban J connectivity index is 2.29. The van der Waals surface area contributed by atoms with Crippen molar-refractivity contribution in [1.82, 2.24) is 4.31 Å². The number of hydrogen-bond donors (Lipinski definition) is 0. The van der Waals surface area contributed by atoms with Crippen LogP contribution in [-0.2, 0) is 22.0 Å². The second kappa shape index (κ2) is 7.68. The lowest BCUT2D eigenvalue weighted by atomic mass is 9.87. The third-order valence-electron chi connectivity index (χ3n) is 4.28. The van der Waals surface area contributed by atoms with Crippen molar-refractivity contribution in [1.29, 1.82) is 0 Å². The first-order valence-electron chi connectivity index (χ1n) is 8.37. The first-order valence-corrected chi connectivity index (χ1v) is 9.81. The predicted molar refractivity (Wildman–Crippen MR) is 103 cm³/mol. The molecule has 142 valence electrons. The van der Waals surface area contributed by atoms with Gasteiger partial charge in [0.2, 0.25) is 10.0 Å². The summed E-state index contributed by atoms with van der Waals surface area (Å²) in [7, 11) is 0.788. The molecule has 0 aliphatic carbocycles. The van der Waals surface area contributed by atoms with Crippen LogP contribution in [0.3, 0.4) is 0 Å². The van der Waals surface area contributed by atoms with E-state index in [9.17, 15) is 8.42 Å². The fourth-order valence-corrected chi connectivity index (χ4v) is 3.93. The summed E-state index contributed by atoms with van der Waals surface area (Å²) in [6, 6.07) is 12.8. The van der Waals surface area contributed by atoms with Gasteiger partial charge in [0.25, 0.3) is 0 Å². The van der Waals surface area contributed by atoms with Gasteiger partial charge in [-0.1, -0.05) is 45.0 Å². The topological polar surface area (TPSA) is 55.8 Å². The van der Waals surface area contributed by atoms with Crippen LogP contribution in [0.15, 0.2) is 47.4 Å². The molecule has 6 heteroatoms. The predicted octanol–water partition coefficient (Wildman–Crippen LogP) is 3.82. The maximum absolute atomic E-state index is 13.0. The van der Waals surface area contributed by atoms with Crippen molar-refractivity contribution < 1.29 is 17.9 Å². The van der Waals surface area contributed by atoms with E-state index in [1.165, 1.54) is 30.2 Å². The van der Waals surface area contributed by atoms with E-state index >= 15 is 0 Å². The highest BCUT2D eigenvalue weighted by Gasteiger charge is 2.26. The Morgan fingerprint density at radius 3 is 2.08 bits per heavy atom. The Morgan fingerprint density at radius 2 is 1.58 bits per heavy atom. The fourth-order valence-electron chi connectivity index (χ4n) is 2.61. The van der Waals surface area contributed by atoms with Gasteiger partial charge in [0, 0.05) is 19.7 Å². The maximum atomic E-state index is 13.0. The van der Waals surface area contributed by atoms with Gasteiger partial charge in [-0.2, -0.15) is 4.31 Å². The number of benzene rings is 2. The van der Waals surface area contributed by atoms with Crippen molar-refractivity contribution in [3.8, 4) is 11.5 Å². The molecule has 0 bridgehead atoms. The second-order valence-electron chi connectivity index (χ2n) is 7.22. The number of rotatable bonds is 6. The fraction of sp³-hybridized carbons (Fsp3) is 0.400. The van der Waals surface area contributed by atoms with E-state index in [-0.39, 0.29) is 16.9 Å². The summed E-state index contributed by atoms with van der Waals surface area (Å²) in [5.41, 5.74) is 2.19. The third-order valence-corrected chi connectivity index (χ3v) is 6.11. The minimum atomic E-state index is -3.72. The lowest BCUT2D eigenvalue weighted by molar-refractivity contribution is 0.388. The highest BCUT2D eigenvalue weighted by Crippen LogP contribution is 2.31. The zero-order valence-corrected chi connectivity index (χ0v) is 17.1. The molecule has 0 fully saturated rings. The van der Waals surface area contributed by atoms with Crippen LogP contribution in [0.1, 0.15) is 31.9 Å². The van der Waals surface area contributed by atoms with E-state index < -0.39 is 10.0 Å². The molecule has 26 heavy (non-hydrogen) atoms. The van der Waals surface area contributed by atoms with Crippen molar-refractivity contribution in [2.75, 3.05) is 21.3 Å². The Bertz CT molecular complexity index is 852. The molecule has 2 aromatic rings. The van der Waals surface area contributed by atoms with Crippen molar-refractivity contribution >= 4 is 10.0 Å². The van der Waals surface area contributed by atoms with Crippen LogP contribution in [0, 0.1) is 0 Å². The largest absolute Gasteiger partial charge is 0.497 e. The van der Waals surface area contributed by atoms with Crippen LogP contribution in [-0.4, -0.2) is 34.0 Å². The van der Waals surface area contributed by atoms with Gasteiger partial charge >= 0.3 is 0 Å². The maximum Gasteiger partial charge on any atom is 0.246 e. The zero-order valence-electron chi connectivity index (χ0n) is 16.2. The Hall–Kier alpha value is -2.05. The quantitative estimate of drug-likeness (QED) is 0.768. The molecule has 0 spiro atoms. The minimum Gasteiger partial charge on any atom is -0.497 e. The SMILES string of the molecule is COc1ccc(OC)c(S(=O)(=O)N(C)Cc2ccc(C(C)(C)C)cc2)c1. The molecule has 2 rings (SSSR count). The van der Waals surface area contributed by atoms with Crippen LogP contribution in [0.2, 0.25) is 0 Å². The van der Waals surface area contributed by atoms with Gasteiger partial charge in [-0.3, -0.25) is 0 Å². The molecule has 0 aliphatic heterocycles. The molecule has 0 saturated heterocycles. The number of sulfonamides is 1. The molecule has 0 unspecified atom stereocenters. The molecule has 5 nitrogen and oxygen atoms in total. The lowest BCUT2D eigenvalue weighted by Crippen LogP contribution is -2.27. The smallest absolute Gasteiger partial charge is 0.246 e. The molecule has 2 aromatic carbocycles. The van der Waals surface area contributed by atoms with E-state index in [0.29, 0.717) is 11.5 Å². The van der Waals surface area contributed by atoms with Gasteiger partial charge in [0.1, 0.15) is 16.4 Å². The molecule has 0 aromatic heterocycles. The van der Waals surface area contributed by atoms with Crippen molar-refractivity contribution in [2.45, 2.75) is 37.6 Å². The molecular formula is C20H27NO4S. The van der Waals surface area contributed by atoms with E-state index in [0.717, 1.165) is 5.56 Å². The van der Waals surface area contributed by atoms with Crippen LogP contribution < -0.4 is 9.47 Å². The first-order chi connectivity index (χ1) is 12.1. The Labute approximate surface area is 156 Å². The highest BCUT2D eigenvalue weighted by atomic mass is 32.2. The molecule has 0 amide bonds. The molecule has 0 radical (unpaired) electrons. The molecule has 0 N–H and O–H groups in total. The molecule has 0 atom stereocenters. The normalized spacial score (nSPS) is 12.3. The molecule has 0 saturated carbocycles. The number of nitrogens with zero attached hydrogens (tertiary/aromatic N) is 1. The summed E-state index contributed by atoms with van der Waals surface area (Å²) in [5.74, 6) is 0.757. The number of methoxy groups -OCH3 is 2. The summed E-state index contributed by atoms with van der Waals surface area (Å²) < 4.78 is 37.7. The van der Waals surface area contributed by atoms with Crippen LogP contribution in [0.25, 0.3) is 0 Å². The minimum absolute atomic E-state index is 0.0600. The van der Waals surface area contributed by atoms with Crippen LogP contribution >= 0.6 is 0 Å². The van der Waals surface area contributed by atoms with Gasteiger partial charge in [0.15, 0.2) is 0 Å². The van der Waals surface area contributed by atoms with E-state index in [1.54, 1.807) is 19.2 Å². The summed E-state index contributed by atoms with van der Waals surface area (Å²) in [6.07, 6.45) is 0. The van der Waals surface area contributed by atoms with Crippen molar-refractivity contribution in [3.05, 3.63) is 53.6 Å². The van der Waals surface area contributed by atoms with E-state index in [1.807, 2.05) is 24.3 Å². The van der Waals surface area contributed by atoms with Crippen molar-refractivity contribution in [3.63, 3.8) is 0 Å². The summed E-state index contributed by atoms with van der Waals surface area (Å²) in [6.45, 7) is 6.71. The van der Waals surface area contributed by atoms with Gasteiger partial charge in [-0.05, 0) is 28.7 Å². The second-order valence-corrected chi connectivity index (χ2v) is 9.24. The van der Waals surface area contributed by atoms with Crippen molar-refractivity contribution in [2.24, 2.45) is 0 Å². The highest BCUT2D eigenvalue weighted by molar-refractivity contribution is 7.89. The average Bonchev–Trinajstić information content (AvgIpc) is 2.60. The summed E-state index contributed by atoms with van der Waals surface area (Å²) in [5, 5.41) is 0. The lowest BCUT2D eigenvalue weighted by Gasteiger charge is -2.21. The monoisotopic (exact) mass is 377 g/mol. The average molecular weight is 378 g/mol. The van der Waals surface area contributed by atoms with Gasteiger partial charge in [-0.25, -0.2) is 8.42 Å². The Kier molecular flexibility index (Phi) is 5.98. The van der Waals surface area contributed by atoms with Crippen LogP contribution in [0.5, 0.6) is 11.5 Å². The number of hydrogen-bond acceptors (Lipinski definition) is 4. The first kappa shape index (κ1) is 20.3. The molecular weight excluding hydrogens is 350 g/mol. The standard InChI is InChI=1S/C20H27NO4S/c1-20(2,3)16-9-7-15(8-10-16)14-21(4)26(22,23)19-13-17(24-5)11-12-18(19)25-6/h7-13H,14H2,1-6H3. The number of ether oxygens (including phenoxy) is 2. The summed E-state index contributed by atoms with van der Waals surface area (Å²) >= 11 is 0. The third kappa shape index (κ3) is 4.37. The van der Waals surface area contributed by atoms with Gasteiger partial charge < -0.3 is 9.47 Å². The Morgan fingerprint density at radius 1 is 0.962 bits per heavy atom. The van der Waals surface area contributed by atoms with Crippen LogP contribution in [0.4, 0.5) is 0 Å². The summed E-state index contributed by atoms with van der Waals surface area (Å²) in [4.78, 5) is 0.0909. The van der Waals surface area contributed by atoms with Gasteiger partial charge in [0.05, 0.1) is 14.2 Å². The zero-order chi connectivity index (χ0) is 19.5. The van der Waals surface area contributed by atoms with Gasteiger partial charge in [-0.15, -0.1) is 0 Å². The van der Waals surface area contributed by atoms with E-state index in [2.05, 4.69) is 20.8 Å². The van der Waals surface area contributed by atoms with E-state index in [4.69, 9.17) is 9.47 Å². The molecule has 0 heterocycles. The molecule has 0 aliphatic rings.